The van der Waals surface area contributed by atoms with E-state index >= 15 is 0 Å². The summed E-state index contributed by atoms with van der Waals surface area (Å²) in [7, 11) is -4.02. The van der Waals surface area contributed by atoms with Crippen molar-refractivity contribution in [2.75, 3.05) is 4.72 Å². The predicted octanol–water partition coefficient (Wildman–Crippen LogP) is 7.59. The minimum Gasteiger partial charge on any atom is -0.456 e. The second-order valence-corrected chi connectivity index (χ2v) is 11.5. The molecule has 0 fully saturated rings. The van der Waals surface area contributed by atoms with Gasteiger partial charge in [-0.1, -0.05) is 57.3 Å². The number of ether oxygens (including phenoxy) is 1. The van der Waals surface area contributed by atoms with Gasteiger partial charge >= 0.3 is 0 Å². The first kappa shape index (κ1) is 27.0. The molecule has 0 aromatic heterocycles. The Kier molecular flexibility index (Phi) is 8.44. The van der Waals surface area contributed by atoms with Gasteiger partial charge in [-0.3, -0.25) is 9.52 Å². The largest absolute Gasteiger partial charge is 0.456 e. The van der Waals surface area contributed by atoms with Gasteiger partial charge in [-0.15, -0.1) is 0 Å². The lowest BCUT2D eigenvalue weighted by molar-refractivity contribution is 0.0951. The summed E-state index contributed by atoms with van der Waals surface area (Å²) in [5.41, 5.74) is 2.14. The van der Waals surface area contributed by atoms with Gasteiger partial charge in [0.1, 0.15) is 11.5 Å². The number of benzene rings is 4. The third-order valence-corrected chi connectivity index (χ3v) is 7.84. The van der Waals surface area contributed by atoms with E-state index in [1.807, 2.05) is 25.1 Å². The predicted molar refractivity (Wildman–Crippen MR) is 150 cm³/mol. The van der Waals surface area contributed by atoms with E-state index in [0.717, 1.165) is 15.6 Å². The maximum atomic E-state index is 13.1. The number of rotatable bonds is 8. The second-order valence-electron chi connectivity index (χ2n) is 8.05. The molecule has 4 rings (SSSR count). The van der Waals surface area contributed by atoms with Crippen LogP contribution in [-0.4, -0.2) is 14.3 Å². The molecule has 1 amide bonds. The average molecular weight is 620 g/mol. The molecule has 0 heterocycles. The molecule has 0 radical (unpaired) electrons. The van der Waals surface area contributed by atoms with Gasteiger partial charge in [-0.2, -0.15) is 0 Å². The van der Waals surface area contributed by atoms with E-state index in [4.69, 9.17) is 27.9 Å². The third kappa shape index (κ3) is 6.84. The maximum absolute atomic E-state index is 13.1. The van der Waals surface area contributed by atoms with Gasteiger partial charge < -0.3 is 10.1 Å². The lowest BCUT2D eigenvalue weighted by Gasteiger charge is -2.14. The summed E-state index contributed by atoms with van der Waals surface area (Å²) in [6.45, 7) is 2.21. The normalized spacial score (nSPS) is 11.1. The summed E-state index contributed by atoms with van der Waals surface area (Å²) in [4.78, 5) is 13.0. The molecule has 0 saturated heterocycles. The summed E-state index contributed by atoms with van der Waals surface area (Å²) in [6.07, 6.45) is 0. The quantitative estimate of drug-likeness (QED) is 0.213. The van der Waals surface area contributed by atoms with E-state index in [1.165, 1.54) is 42.5 Å². The molecule has 0 aliphatic carbocycles. The molecule has 0 saturated carbocycles. The van der Waals surface area contributed by atoms with Crippen molar-refractivity contribution < 1.29 is 17.9 Å². The van der Waals surface area contributed by atoms with Crippen molar-refractivity contribution in [3.63, 3.8) is 0 Å². The van der Waals surface area contributed by atoms with E-state index < -0.39 is 15.9 Å². The molecular weight excluding hydrogens is 599 g/mol. The number of carbonyl (C=O) groups is 1. The topological polar surface area (TPSA) is 84.5 Å². The van der Waals surface area contributed by atoms with Crippen molar-refractivity contribution in [3.05, 3.63) is 116 Å². The molecule has 0 unspecified atom stereocenters. The van der Waals surface area contributed by atoms with Crippen molar-refractivity contribution in [2.24, 2.45) is 0 Å². The van der Waals surface area contributed by atoms with Crippen molar-refractivity contribution in [1.82, 2.24) is 5.32 Å². The van der Waals surface area contributed by atoms with Crippen LogP contribution in [-0.2, 0) is 16.6 Å². The van der Waals surface area contributed by atoms with Crippen LogP contribution in [0.15, 0.2) is 94.3 Å². The first-order valence-electron chi connectivity index (χ1n) is 11.0. The van der Waals surface area contributed by atoms with Crippen LogP contribution in [0.25, 0.3) is 0 Å². The number of aryl methyl sites for hydroxylation is 1. The fourth-order valence-corrected chi connectivity index (χ4v) is 5.37. The molecule has 6 nitrogen and oxygen atoms in total. The van der Waals surface area contributed by atoms with Crippen LogP contribution >= 0.6 is 39.1 Å². The van der Waals surface area contributed by atoms with Gasteiger partial charge in [0.15, 0.2) is 0 Å². The first-order chi connectivity index (χ1) is 17.6. The number of amides is 1. The highest BCUT2D eigenvalue weighted by Gasteiger charge is 2.20. The average Bonchev–Trinajstić information content (AvgIpc) is 2.86. The number of anilines is 1. The summed E-state index contributed by atoms with van der Waals surface area (Å²) >= 11 is 15.7. The van der Waals surface area contributed by atoms with Crippen molar-refractivity contribution in [2.45, 2.75) is 18.4 Å². The van der Waals surface area contributed by atoms with Crippen LogP contribution in [0.5, 0.6) is 11.5 Å². The zero-order valence-electron chi connectivity index (χ0n) is 19.5. The van der Waals surface area contributed by atoms with E-state index in [9.17, 15) is 13.2 Å². The molecule has 0 aliphatic rings. The number of halogens is 3. The molecule has 190 valence electrons. The third-order valence-electron chi connectivity index (χ3n) is 5.41. The van der Waals surface area contributed by atoms with Gasteiger partial charge in [-0.25, -0.2) is 8.42 Å². The highest BCUT2D eigenvalue weighted by atomic mass is 79.9. The minimum absolute atomic E-state index is 0.00851. The number of nitrogens with one attached hydrogen (secondary N) is 2. The van der Waals surface area contributed by atoms with E-state index in [-0.39, 0.29) is 22.7 Å². The standard InChI is InChI=1S/C27H21BrCl2N2O4S/c1-17-14-19(28)7-6-18(17)16-31-27(33)23-15-20(29)8-13-25(23)32-37(34,35)22-11-9-21(10-12-22)36-26-5-3-2-4-24(26)30/h2-15,32H,16H2,1H3,(H,31,33). The molecular formula is C27H21BrCl2N2O4S. The number of para-hydroxylation sites is 1. The van der Waals surface area contributed by atoms with Crippen LogP contribution < -0.4 is 14.8 Å². The van der Waals surface area contributed by atoms with Crippen LogP contribution in [0.4, 0.5) is 5.69 Å². The summed E-state index contributed by atoms with van der Waals surface area (Å²) in [5, 5.41) is 3.56. The van der Waals surface area contributed by atoms with Crippen LogP contribution in [0.1, 0.15) is 21.5 Å². The van der Waals surface area contributed by atoms with Gasteiger partial charge in [0.25, 0.3) is 15.9 Å². The van der Waals surface area contributed by atoms with Gasteiger partial charge in [0.2, 0.25) is 0 Å². The van der Waals surface area contributed by atoms with Crippen LogP contribution in [0.3, 0.4) is 0 Å². The van der Waals surface area contributed by atoms with Crippen LogP contribution in [0.2, 0.25) is 10.0 Å². The Labute approximate surface area is 233 Å². The molecule has 10 heteroatoms. The van der Waals surface area contributed by atoms with E-state index in [1.54, 1.807) is 24.3 Å². The number of hydrogen-bond acceptors (Lipinski definition) is 4. The Morgan fingerprint density at radius 2 is 1.68 bits per heavy atom. The number of hydrogen-bond donors (Lipinski definition) is 2. The molecule has 37 heavy (non-hydrogen) atoms. The van der Waals surface area contributed by atoms with Gasteiger partial charge in [-0.05, 0) is 84.8 Å². The smallest absolute Gasteiger partial charge is 0.261 e. The van der Waals surface area contributed by atoms with Crippen LogP contribution in [0, 0.1) is 6.92 Å². The maximum Gasteiger partial charge on any atom is 0.261 e. The highest BCUT2D eigenvalue weighted by molar-refractivity contribution is 9.10. The fraction of sp³-hybridized carbons (Fsp3) is 0.0741. The lowest BCUT2D eigenvalue weighted by Crippen LogP contribution is -2.25. The Morgan fingerprint density at radius 1 is 0.946 bits per heavy atom. The molecule has 4 aromatic rings. The molecule has 0 spiro atoms. The van der Waals surface area contributed by atoms with Gasteiger partial charge in [0, 0.05) is 16.0 Å². The number of sulfonamides is 1. The zero-order chi connectivity index (χ0) is 26.6. The Balaban J connectivity index is 1.51. The summed E-state index contributed by atoms with van der Waals surface area (Å²) in [6, 6.07) is 22.9. The van der Waals surface area contributed by atoms with Crippen molar-refractivity contribution >= 4 is 60.7 Å². The second kappa shape index (κ2) is 11.6. The molecule has 0 atom stereocenters. The van der Waals surface area contributed by atoms with E-state index in [2.05, 4.69) is 26.0 Å². The molecule has 0 aliphatic heterocycles. The van der Waals surface area contributed by atoms with E-state index in [0.29, 0.717) is 21.5 Å². The fourth-order valence-electron chi connectivity index (χ4n) is 3.47. The lowest BCUT2D eigenvalue weighted by atomic mass is 10.1. The minimum atomic E-state index is -4.02. The van der Waals surface area contributed by atoms with Crippen molar-refractivity contribution in [3.8, 4) is 11.5 Å². The zero-order valence-corrected chi connectivity index (χ0v) is 23.4. The highest BCUT2D eigenvalue weighted by Crippen LogP contribution is 2.30. The SMILES string of the molecule is Cc1cc(Br)ccc1CNC(=O)c1cc(Cl)ccc1NS(=O)(=O)c1ccc(Oc2ccccc2Cl)cc1. The number of carbonyl (C=O) groups excluding carboxylic acids is 1. The summed E-state index contributed by atoms with van der Waals surface area (Å²) in [5.74, 6) is 0.404. The Bertz CT molecular complexity index is 1560. The molecule has 4 aromatic carbocycles. The molecule has 0 bridgehead atoms. The van der Waals surface area contributed by atoms with Crippen molar-refractivity contribution in [1.29, 1.82) is 0 Å². The monoisotopic (exact) mass is 618 g/mol. The first-order valence-corrected chi connectivity index (χ1v) is 14.0. The van der Waals surface area contributed by atoms with Gasteiger partial charge in [0.05, 0.1) is 21.2 Å². The summed E-state index contributed by atoms with van der Waals surface area (Å²) < 4.78 is 35.3. The Morgan fingerprint density at radius 3 is 2.38 bits per heavy atom. The molecule has 2 N–H and O–H groups in total. The Hall–Kier alpha value is -3.04.